The van der Waals surface area contributed by atoms with Gasteiger partial charge in [0.1, 0.15) is 0 Å². The number of anilines is 2. The maximum Gasteiger partial charge on any atom is 0.323 e. The highest BCUT2D eigenvalue weighted by atomic mass is 16.5. The number of hydrogen-bond donors (Lipinski definition) is 3. The molecule has 6 nitrogen and oxygen atoms in total. The summed E-state index contributed by atoms with van der Waals surface area (Å²) in [6, 6.07) is 15.4. The van der Waals surface area contributed by atoms with E-state index in [1.165, 1.54) is 0 Å². The van der Waals surface area contributed by atoms with E-state index >= 15 is 0 Å². The van der Waals surface area contributed by atoms with Gasteiger partial charge < -0.3 is 20.7 Å². The number of urea groups is 1. The van der Waals surface area contributed by atoms with E-state index in [4.69, 9.17) is 4.74 Å². The highest BCUT2D eigenvalue weighted by Gasteiger charge is 2.10. The van der Waals surface area contributed by atoms with Gasteiger partial charge in [-0.25, -0.2) is 4.79 Å². The Morgan fingerprint density at radius 2 is 1.54 bits per heavy atom. The van der Waals surface area contributed by atoms with E-state index < -0.39 is 0 Å². The van der Waals surface area contributed by atoms with E-state index in [0.29, 0.717) is 23.5 Å². The van der Waals surface area contributed by atoms with Crippen molar-refractivity contribution < 1.29 is 14.3 Å². The molecule has 2 aromatic rings. The number of ether oxygens (including phenoxy) is 1. The van der Waals surface area contributed by atoms with E-state index in [2.05, 4.69) is 16.0 Å². The van der Waals surface area contributed by atoms with Crippen molar-refractivity contribution in [2.45, 2.75) is 13.0 Å². The molecule has 0 aliphatic carbocycles. The molecule has 0 spiro atoms. The van der Waals surface area contributed by atoms with Gasteiger partial charge >= 0.3 is 6.03 Å². The Hall–Kier alpha value is -2.86. The molecule has 0 aromatic heterocycles. The summed E-state index contributed by atoms with van der Waals surface area (Å²) in [4.78, 5) is 23.9. The van der Waals surface area contributed by atoms with Crippen molar-refractivity contribution in [2.24, 2.45) is 0 Å². The molecule has 2 rings (SSSR count). The number of amides is 3. The summed E-state index contributed by atoms with van der Waals surface area (Å²) >= 11 is 0. The fraction of sp³-hybridized carbons (Fsp3) is 0.222. The zero-order chi connectivity index (χ0) is 17.4. The first kappa shape index (κ1) is 17.5. The van der Waals surface area contributed by atoms with Crippen LogP contribution < -0.4 is 16.0 Å². The molecule has 0 aliphatic heterocycles. The molecule has 3 N–H and O–H groups in total. The lowest BCUT2D eigenvalue weighted by molar-refractivity contribution is 0.0905. The van der Waals surface area contributed by atoms with Crippen LogP contribution in [0.3, 0.4) is 0 Å². The van der Waals surface area contributed by atoms with Crippen LogP contribution in [-0.4, -0.2) is 31.7 Å². The Balaban J connectivity index is 1.89. The third-order valence-corrected chi connectivity index (χ3v) is 3.23. The minimum atomic E-state index is -0.341. The lowest BCUT2D eigenvalue weighted by atomic mass is 10.2. The second-order valence-corrected chi connectivity index (χ2v) is 5.35. The third kappa shape index (κ3) is 5.40. The molecule has 1 atom stereocenters. The molecule has 0 saturated carbocycles. The van der Waals surface area contributed by atoms with E-state index in [0.717, 1.165) is 0 Å². The van der Waals surface area contributed by atoms with Gasteiger partial charge in [0.2, 0.25) is 0 Å². The topological polar surface area (TPSA) is 79.5 Å². The van der Waals surface area contributed by atoms with Crippen molar-refractivity contribution in [3.8, 4) is 0 Å². The second-order valence-electron chi connectivity index (χ2n) is 5.35. The molecule has 126 valence electrons. The van der Waals surface area contributed by atoms with Crippen molar-refractivity contribution in [3.63, 3.8) is 0 Å². The molecule has 0 fully saturated rings. The quantitative estimate of drug-likeness (QED) is 0.763. The van der Waals surface area contributed by atoms with Gasteiger partial charge in [0.25, 0.3) is 5.91 Å². The molecule has 24 heavy (non-hydrogen) atoms. The van der Waals surface area contributed by atoms with Crippen molar-refractivity contribution in [1.82, 2.24) is 5.32 Å². The number of nitrogens with one attached hydrogen (secondary N) is 3. The zero-order valence-corrected chi connectivity index (χ0v) is 13.7. The minimum Gasteiger partial charge on any atom is -0.383 e. The molecule has 1 unspecified atom stereocenters. The van der Waals surface area contributed by atoms with Crippen LogP contribution in [0.5, 0.6) is 0 Å². The van der Waals surface area contributed by atoms with E-state index in [1.807, 2.05) is 25.1 Å². The molecule has 0 heterocycles. The molecular weight excluding hydrogens is 306 g/mol. The number of rotatable bonds is 6. The summed E-state index contributed by atoms with van der Waals surface area (Å²) in [5.41, 5.74) is 1.83. The number of carbonyl (C=O) groups is 2. The molecule has 0 bridgehead atoms. The molecule has 0 saturated heterocycles. The Kier molecular flexibility index (Phi) is 6.33. The average Bonchev–Trinajstić information content (AvgIpc) is 2.56. The van der Waals surface area contributed by atoms with Crippen molar-refractivity contribution >= 4 is 23.3 Å². The molecule has 3 amide bonds. The number of hydrogen-bond acceptors (Lipinski definition) is 3. The van der Waals surface area contributed by atoms with Gasteiger partial charge in [0.15, 0.2) is 0 Å². The van der Waals surface area contributed by atoms with Crippen LogP contribution in [0.2, 0.25) is 0 Å². The first-order chi connectivity index (χ1) is 11.6. The van der Waals surface area contributed by atoms with E-state index in [1.54, 1.807) is 43.5 Å². The first-order valence-corrected chi connectivity index (χ1v) is 7.61. The zero-order valence-electron chi connectivity index (χ0n) is 13.7. The van der Waals surface area contributed by atoms with Crippen molar-refractivity contribution in [1.29, 1.82) is 0 Å². The van der Waals surface area contributed by atoms with Gasteiger partial charge in [-0.15, -0.1) is 0 Å². The molecule has 0 aliphatic rings. The molecular formula is C18H21N3O3. The Morgan fingerprint density at radius 3 is 2.12 bits per heavy atom. The standard InChI is InChI=1S/C18H21N3O3/c1-13(12-24-2)19-17(22)14-8-10-16(11-9-14)21-18(23)20-15-6-4-3-5-7-15/h3-11,13H,12H2,1-2H3,(H,19,22)(H2,20,21,23). The third-order valence-electron chi connectivity index (χ3n) is 3.23. The van der Waals surface area contributed by atoms with Crippen LogP contribution in [-0.2, 0) is 4.74 Å². The monoisotopic (exact) mass is 327 g/mol. The highest BCUT2D eigenvalue weighted by Crippen LogP contribution is 2.11. The summed E-state index contributed by atoms with van der Waals surface area (Å²) in [7, 11) is 1.59. The number of methoxy groups -OCH3 is 1. The normalized spacial score (nSPS) is 11.4. The lowest BCUT2D eigenvalue weighted by Gasteiger charge is -2.13. The summed E-state index contributed by atoms with van der Waals surface area (Å²) in [6.45, 7) is 2.32. The lowest BCUT2D eigenvalue weighted by Crippen LogP contribution is -2.35. The largest absolute Gasteiger partial charge is 0.383 e. The van der Waals surface area contributed by atoms with Gasteiger partial charge in [0, 0.05) is 30.1 Å². The summed E-state index contributed by atoms with van der Waals surface area (Å²) in [6.07, 6.45) is 0. The van der Waals surface area contributed by atoms with Gasteiger partial charge in [-0.05, 0) is 43.3 Å². The average molecular weight is 327 g/mol. The maximum atomic E-state index is 12.0. The van der Waals surface area contributed by atoms with Crippen molar-refractivity contribution in [2.75, 3.05) is 24.4 Å². The number of para-hydroxylation sites is 1. The van der Waals surface area contributed by atoms with Gasteiger partial charge in [-0.3, -0.25) is 4.79 Å². The Morgan fingerprint density at radius 1 is 0.958 bits per heavy atom. The molecule has 6 heteroatoms. The second kappa shape index (κ2) is 8.69. The van der Waals surface area contributed by atoms with Crippen LogP contribution in [0.1, 0.15) is 17.3 Å². The SMILES string of the molecule is COCC(C)NC(=O)c1ccc(NC(=O)Nc2ccccc2)cc1. The van der Waals surface area contributed by atoms with Gasteiger partial charge in [-0.1, -0.05) is 18.2 Å². The van der Waals surface area contributed by atoms with Gasteiger partial charge in [-0.2, -0.15) is 0 Å². The maximum absolute atomic E-state index is 12.0. The van der Waals surface area contributed by atoms with Crippen LogP contribution in [0.15, 0.2) is 54.6 Å². The van der Waals surface area contributed by atoms with Crippen molar-refractivity contribution in [3.05, 3.63) is 60.2 Å². The number of benzene rings is 2. The fourth-order valence-corrected chi connectivity index (χ4v) is 2.12. The highest BCUT2D eigenvalue weighted by molar-refractivity contribution is 6.00. The van der Waals surface area contributed by atoms with Crippen LogP contribution in [0.4, 0.5) is 16.2 Å². The van der Waals surface area contributed by atoms with E-state index in [9.17, 15) is 9.59 Å². The summed E-state index contributed by atoms with van der Waals surface area (Å²) in [5.74, 6) is -0.181. The van der Waals surface area contributed by atoms with Crippen LogP contribution >= 0.6 is 0 Å². The predicted molar refractivity (Wildman–Crippen MR) is 94.3 cm³/mol. The smallest absolute Gasteiger partial charge is 0.323 e. The van der Waals surface area contributed by atoms with E-state index in [-0.39, 0.29) is 18.0 Å². The van der Waals surface area contributed by atoms with Crippen LogP contribution in [0, 0.1) is 0 Å². The molecule has 2 aromatic carbocycles. The predicted octanol–water partition coefficient (Wildman–Crippen LogP) is 3.10. The molecule has 0 radical (unpaired) electrons. The summed E-state index contributed by atoms with van der Waals surface area (Å²) < 4.78 is 4.98. The Labute approximate surface area is 141 Å². The van der Waals surface area contributed by atoms with Crippen LogP contribution in [0.25, 0.3) is 0 Å². The first-order valence-electron chi connectivity index (χ1n) is 7.61. The van der Waals surface area contributed by atoms with Gasteiger partial charge in [0.05, 0.1) is 6.61 Å². The Bertz CT molecular complexity index is 672. The minimum absolute atomic E-state index is 0.0723. The fourth-order valence-electron chi connectivity index (χ4n) is 2.12. The number of carbonyl (C=O) groups excluding carboxylic acids is 2. The summed E-state index contributed by atoms with van der Waals surface area (Å²) in [5, 5.41) is 8.27.